The molecule has 0 aliphatic carbocycles. The second-order valence-corrected chi connectivity index (χ2v) is 5.78. The minimum atomic E-state index is 0.603. The largest absolute Gasteiger partial charge is 0.324 e. The van der Waals surface area contributed by atoms with Crippen LogP contribution in [0.15, 0.2) is 36.4 Å². The van der Waals surface area contributed by atoms with E-state index in [1.54, 1.807) is 0 Å². The molecule has 0 unspecified atom stereocenters. The molecule has 0 aliphatic rings. The summed E-state index contributed by atoms with van der Waals surface area (Å²) in [7, 11) is 0. The fourth-order valence-electron chi connectivity index (χ4n) is 2.46. The second-order valence-electron chi connectivity index (χ2n) is 5.78. The van der Waals surface area contributed by atoms with Gasteiger partial charge in [0, 0.05) is 34.2 Å². The van der Waals surface area contributed by atoms with Crippen molar-refractivity contribution < 1.29 is 0 Å². The smallest absolute Gasteiger partial charge is 0.227 e. The minimum absolute atomic E-state index is 0.603. The molecule has 122 valence electrons. The van der Waals surface area contributed by atoms with Crippen molar-refractivity contribution in [2.24, 2.45) is 0 Å². The molecule has 0 saturated carbocycles. The molecule has 2 N–H and O–H groups in total. The van der Waals surface area contributed by atoms with Gasteiger partial charge in [-0.3, -0.25) is 0 Å². The first kappa shape index (κ1) is 15.9. The summed E-state index contributed by atoms with van der Waals surface area (Å²) >= 11 is 0. The minimum Gasteiger partial charge on any atom is -0.324 e. The summed E-state index contributed by atoms with van der Waals surface area (Å²) in [6.45, 7) is 7.82. The van der Waals surface area contributed by atoms with Crippen molar-refractivity contribution in [3.05, 3.63) is 59.2 Å². The SMILES string of the molecule is Cc1cc(C)nc(Nc2ccc(Nc3nc(C)cc(C)n3)cc2)n1. The number of rotatable bonds is 4. The van der Waals surface area contributed by atoms with Crippen LogP contribution in [0.2, 0.25) is 0 Å². The summed E-state index contributed by atoms with van der Waals surface area (Å²) in [5.74, 6) is 1.21. The average molecular weight is 320 g/mol. The fourth-order valence-corrected chi connectivity index (χ4v) is 2.46. The lowest BCUT2D eigenvalue weighted by Gasteiger charge is -2.09. The van der Waals surface area contributed by atoms with Crippen LogP contribution in [0, 0.1) is 27.7 Å². The Morgan fingerprint density at radius 3 is 1.12 bits per heavy atom. The molecular formula is C18H20N6. The summed E-state index contributed by atoms with van der Waals surface area (Å²) in [5, 5.41) is 6.43. The van der Waals surface area contributed by atoms with E-state index in [9.17, 15) is 0 Å². The van der Waals surface area contributed by atoms with E-state index < -0.39 is 0 Å². The number of hydrogen-bond donors (Lipinski definition) is 2. The molecule has 3 aromatic rings. The zero-order chi connectivity index (χ0) is 17.1. The van der Waals surface area contributed by atoms with Gasteiger partial charge in [-0.25, -0.2) is 19.9 Å². The normalized spacial score (nSPS) is 10.5. The highest BCUT2D eigenvalue weighted by atomic mass is 15.1. The molecule has 0 bridgehead atoms. The van der Waals surface area contributed by atoms with Crippen LogP contribution in [0.1, 0.15) is 22.8 Å². The molecule has 2 aromatic heterocycles. The maximum atomic E-state index is 4.38. The summed E-state index contributed by atoms with van der Waals surface area (Å²) in [4.78, 5) is 17.5. The maximum Gasteiger partial charge on any atom is 0.227 e. The molecule has 6 heteroatoms. The lowest BCUT2D eigenvalue weighted by molar-refractivity contribution is 1.06. The fraction of sp³-hybridized carbons (Fsp3) is 0.222. The van der Waals surface area contributed by atoms with Crippen LogP contribution < -0.4 is 10.6 Å². The Balaban J connectivity index is 1.73. The lowest BCUT2D eigenvalue weighted by Crippen LogP contribution is -2.01. The molecule has 2 heterocycles. The van der Waals surface area contributed by atoms with Crippen molar-refractivity contribution >= 4 is 23.3 Å². The van der Waals surface area contributed by atoms with Crippen LogP contribution in [-0.2, 0) is 0 Å². The molecule has 0 radical (unpaired) electrons. The van der Waals surface area contributed by atoms with Gasteiger partial charge in [-0.2, -0.15) is 0 Å². The molecule has 0 saturated heterocycles. The number of aromatic nitrogens is 4. The van der Waals surface area contributed by atoms with Gasteiger partial charge < -0.3 is 10.6 Å². The van der Waals surface area contributed by atoms with Gasteiger partial charge in [0.05, 0.1) is 0 Å². The van der Waals surface area contributed by atoms with E-state index in [0.717, 1.165) is 34.2 Å². The van der Waals surface area contributed by atoms with Crippen molar-refractivity contribution in [3.63, 3.8) is 0 Å². The number of nitrogens with one attached hydrogen (secondary N) is 2. The Kier molecular flexibility index (Phi) is 4.37. The molecule has 24 heavy (non-hydrogen) atoms. The van der Waals surface area contributed by atoms with Crippen LogP contribution >= 0.6 is 0 Å². The topological polar surface area (TPSA) is 75.6 Å². The number of hydrogen-bond acceptors (Lipinski definition) is 6. The highest BCUT2D eigenvalue weighted by molar-refractivity contribution is 5.61. The summed E-state index contributed by atoms with van der Waals surface area (Å²) in [5.41, 5.74) is 5.61. The van der Waals surface area contributed by atoms with Crippen molar-refractivity contribution in [2.75, 3.05) is 10.6 Å². The molecule has 0 aliphatic heterocycles. The van der Waals surface area contributed by atoms with Crippen LogP contribution in [0.5, 0.6) is 0 Å². The molecule has 6 nitrogen and oxygen atoms in total. The Bertz CT molecular complexity index is 745. The summed E-state index contributed by atoms with van der Waals surface area (Å²) in [6, 6.07) is 11.8. The van der Waals surface area contributed by atoms with Crippen LogP contribution in [0.25, 0.3) is 0 Å². The van der Waals surface area contributed by atoms with Gasteiger partial charge in [0.1, 0.15) is 0 Å². The van der Waals surface area contributed by atoms with E-state index in [0.29, 0.717) is 11.9 Å². The zero-order valence-corrected chi connectivity index (χ0v) is 14.3. The molecule has 0 fully saturated rings. The van der Waals surface area contributed by atoms with Gasteiger partial charge in [0.2, 0.25) is 11.9 Å². The monoisotopic (exact) mass is 320 g/mol. The van der Waals surface area contributed by atoms with Gasteiger partial charge >= 0.3 is 0 Å². The van der Waals surface area contributed by atoms with E-state index >= 15 is 0 Å². The third-order valence-corrected chi connectivity index (χ3v) is 3.36. The van der Waals surface area contributed by atoms with E-state index in [4.69, 9.17) is 0 Å². The van der Waals surface area contributed by atoms with Gasteiger partial charge in [-0.05, 0) is 64.1 Å². The quantitative estimate of drug-likeness (QED) is 0.757. The maximum absolute atomic E-state index is 4.38. The Labute approximate surface area is 141 Å². The Morgan fingerprint density at radius 2 is 0.833 bits per heavy atom. The first-order chi connectivity index (χ1) is 11.5. The predicted octanol–water partition coefficient (Wildman–Crippen LogP) is 3.99. The van der Waals surface area contributed by atoms with Gasteiger partial charge in [0.15, 0.2) is 0 Å². The molecule has 1 aromatic carbocycles. The summed E-state index contributed by atoms with van der Waals surface area (Å²) < 4.78 is 0. The first-order valence-electron chi connectivity index (χ1n) is 7.76. The third-order valence-electron chi connectivity index (χ3n) is 3.36. The van der Waals surface area contributed by atoms with E-state index in [-0.39, 0.29) is 0 Å². The van der Waals surface area contributed by atoms with Crippen molar-refractivity contribution in [1.82, 2.24) is 19.9 Å². The van der Waals surface area contributed by atoms with E-state index in [1.807, 2.05) is 64.1 Å². The number of anilines is 4. The Morgan fingerprint density at radius 1 is 0.542 bits per heavy atom. The number of aryl methyl sites for hydroxylation is 4. The predicted molar refractivity (Wildman–Crippen MR) is 96.0 cm³/mol. The molecule has 0 atom stereocenters. The van der Waals surface area contributed by atoms with Crippen LogP contribution in [-0.4, -0.2) is 19.9 Å². The van der Waals surface area contributed by atoms with Crippen molar-refractivity contribution in [2.45, 2.75) is 27.7 Å². The van der Waals surface area contributed by atoms with Crippen LogP contribution in [0.4, 0.5) is 23.3 Å². The number of benzene rings is 1. The number of nitrogens with zero attached hydrogens (tertiary/aromatic N) is 4. The molecular weight excluding hydrogens is 300 g/mol. The second kappa shape index (κ2) is 6.62. The third kappa shape index (κ3) is 4.04. The van der Waals surface area contributed by atoms with Crippen molar-refractivity contribution in [3.8, 4) is 0 Å². The van der Waals surface area contributed by atoms with E-state index in [2.05, 4.69) is 30.6 Å². The Hall–Kier alpha value is -3.02. The van der Waals surface area contributed by atoms with Gasteiger partial charge in [0.25, 0.3) is 0 Å². The lowest BCUT2D eigenvalue weighted by atomic mass is 10.3. The van der Waals surface area contributed by atoms with Gasteiger partial charge in [-0.1, -0.05) is 0 Å². The molecule has 0 amide bonds. The van der Waals surface area contributed by atoms with Crippen LogP contribution in [0.3, 0.4) is 0 Å². The summed E-state index contributed by atoms with van der Waals surface area (Å²) in [6.07, 6.45) is 0. The van der Waals surface area contributed by atoms with E-state index in [1.165, 1.54) is 0 Å². The molecule has 3 rings (SSSR count). The average Bonchev–Trinajstić information content (AvgIpc) is 2.47. The van der Waals surface area contributed by atoms with Gasteiger partial charge in [-0.15, -0.1) is 0 Å². The first-order valence-corrected chi connectivity index (χ1v) is 7.76. The highest BCUT2D eigenvalue weighted by Crippen LogP contribution is 2.19. The zero-order valence-electron chi connectivity index (χ0n) is 14.3. The standard InChI is InChI=1S/C18H20N6/c1-11-9-12(2)20-17(19-11)23-15-5-7-16(8-6-15)24-18-21-13(3)10-14(4)22-18/h5-10H,1-4H3,(H,19,20,23)(H,21,22,24). The van der Waals surface area contributed by atoms with Crippen molar-refractivity contribution in [1.29, 1.82) is 0 Å². The molecule has 0 spiro atoms. The highest BCUT2D eigenvalue weighted by Gasteiger charge is 2.03.